The number of phenols is 6. The van der Waals surface area contributed by atoms with Crippen molar-refractivity contribution in [3.8, 4) is 57.5 Å². The summed E-state index contributed by atoms with van der Waals surface area (Å²) in [5, 5.41) is 54.7. The van der Waals surface area contributed by atoms with E-state index in [1.54, 1.807) is 74.5 Å². The number of methoxy groups -OCH3 is 3. The van der Waals surface area contributed by atoms with E-state index >= 15 is 0 Å². The molecule has 0 aromatic heterocycles. The van der Waals surface area contributed by atoms with Crippen LogP contribution >= 0.6 is 31.9 Å². The molecule has 7 rings (SSSR count). The van der Waals surface area contributed by atoms with Crippen LogP contribution in [-0.2, 0) is 17.1 Å². The number of aldehydes is 7. The summed E-state index contributed by atoms with van der Waals surface area (Å²) in [4.78, 5) is 82.4. The van der Waals surface area contributed by atoms with Crippen molar-refractivity contribution in [3.63, 3.8) is 0 Å². The van der Waals surface area contributed by atoms with Crippen LogP contribution in [0.1, 0.15) is 102 Å². The molecule has 0 saturated carbocycles. The molecular weight excluding hydrogens is 1260 g/mol. The maximum Gasteiger partial charge on any atom is 0.419 e. The zero-order chi connectivity index (χ0) is 64.1. The van der Waals surface area contributed by atoms with Gasteiger partial charge in [0.1, 0.15) is 72.8 Å². The van der Waals surface area contributed by atoms with Gasteiger partial charge in [-0.05, 0) is 172 Å². The number of hydrogen-bond acceptors (Lipinski definition) is 18. The minimum atomic E-state index is -5.18. The van der Waals surface area contributed by atoms with Crippen LogP contribution in [0.25, 0.3) is 0 Å². The maximum atomic E-state index is 12.3. The molecule has 26 heteroatoms. The number of carbonyl (C=O) groups excluding carboxylic acids is 8. The summed E-state index contributed by atoms with van der Waals surface area (Å²) in [5.74, 6) is -0.587. The van der Waals surface area contributed by atoms with Gasteiger partial charge < -0.3 is 49.6 Å². The molecule has 0 aliphatic rings. The maximum absolute atomic E-state index is 12.3. The van der Waals surface area contributed by atoms with Gasteiger partial charge in [-0.1, -0.05) is 0 Å². The SMILES string of the molecule is CC(=O)Oc1ccc(C=O)cc1.COc1cc(C=O)cc(OC)c1O.COc1cc(C=O)ccc1O.Cc1cc(C=O)cc(C)c1O.O=Cc1cc(Br)c(O)c(Br)c1.O=Cc1cc(C(F)(F)F)c(O)c(C(F)(F)F)c1.O=Cc1ccc(O)cc1. The quantitative estimate of drug-likeness (QED) is 0.0303. The summed E-state index contributed by atoms with van der Waals surface area (Å²) in [5.41, 5.74) is 0.0229. The van der Waals surface area contributed by atoms with Crippen molar-refractivity contribution in [2.75, 3.05) is 21.3 Å². The van der Waals surface area contributed by atoms with Gasteiger partial charge in [-0.3, -0.25) is 38.4 Å². The van der Waals surface area contributed by atoms with Crippen molar-refractivity contribution in [1.82, 2.24) is 0 Å². The normalized spacial score (nSPS) is 9.98. The molecule has 0 saturated heterocycles. The molecule has 6 N–H and O–H groups in total. The van der Waals surface area contributed by atoms with Crippen molar-refractivity contribution in [3.05, 3.63) is 185 Å². The fourth-order valence-electron chi connectivity index (χ4n) is 5.95. The number of carbonyl (C=O) groups is 8. The molecule has 0 spiro atoms. The third-order valence-electron chi connectivity index (χ3n) is 9.99. The Bertz CT molecular complexity index is 3200. The summed E-state index contributed by atoms with van der Waals surface area (Å²) < 4.78 is 94.0. The highest BCUT2D eigenvalue weighted by Crippen LogP contribution is 2.44. The molecule has 0 radical (unpaired) electrons. The van der Waals surface area contributed by atoms with Crippen molar-refractivity contribution >= 4 is 81.8 Å². The van der Waals surface area contributed by atoms with E-state index in [2.05, 4.69) is 31.9 Å². The van der Waals surface area contributed by atoms with Gasteiger partial charge >= 0.3 is 18.3 Å². The Labute approximate surface area is 491 Å². The number of halogens is 8. The van der Waals surface area contributed by atoms with E-state index in [4.69, 9.17) is 34.3 Å². The molecule has 0 fully saturated rings. The fourth-order valence-corrected chi connectivity index (χ4v) is 7.17. The third-order valence-corrected chi connectivity index (χ3v) is 11.2. The predicted molar refractivity (Wildman–Crippen MR) is 299 cm³/mol. The van der Waals surface area contributed by atoms with Crippen LogP contribution in [0.4, 0.5) is 26.3 Å². The second-order valence-electron chi connectivity index (χ2n) is 16.1. The highest BCUT2D eigenvalue weighted by Gasteiger charge is 2.41. The van der Waals surface area contributed by atoms with Gasteiger partial charge in [0.25, 0.3) is 0 Å². The van der Waals surface area contributed by atoms with Crippen LogP contribution in [0.15, 0.2) is 124 Å². The van der Waals surface area contributed by atoms with Gasteiger partial charge in [-0.15, -0.1) is 0 Å². The number of esters is 1. The molecular formula is C58H50Br2F6O18. The number of benzene rings is 7. The average molecular weight is 1310 g/mol. The Kier molecular flexibility index (Phi) is 30.5. The average Bonchev–Trinajstić information content (AvgIpc) is 3.37. The molecule has 7 aromatic rings. The molecule has 84 heavy (non-hydrogen) atoms. The van der Waals surface area contributed by atoms with Gasteiger partial charge in [0.05, 0.1) is 41.4 Å². The van der Waals surface area contributed by atoms with E-state index in [1.807, 2.05) is 0 Å². The number of rotatable bonds is 11. The highest BCUT2D eigenvalue weighted by molar-refractivity contribution is 9.11. The Morgan fingerprint density at radius 2 is 0.750 bits per heavy atom. The summed E-state index contributed by atoms with van der Waals surface area (Å²) in [7, 11) is 4.25. The van der Waals surface area contributed by atoms with Crippen LogP contribution in [0.2, 0.25) is 0 Å². The smallest absolute Gasteiger partial charge is 0.419 e. The first-order valence-corrected chi connectivity index (χ1v) is 24.6. The van der Waals surface area contributed by atoms with Crippen LogP contribution in [-0.4, -0.2) is 102 Å². The molecule has 0 bridgehead atoms. The number of aromatic hydroxyl groups is 6. The van der Waals surface area contributed by atoms with E-state index in [0.717, 1.165) is 36.3 Å². The fraction of sp³-hybridized carbons (Fsp3) is 0.138. The first-order valence-electron chi connectivity index (χ1n) is 23.0. The molecule has 0 aliphatic heterocycles. The van der Waals surface area contributed by atoms with Gasteiger partial charge in [0, 0.05) is 45.9 Å². The molecule has 0 heterocycles. The number of ether oxygens (including phenoxy) is 4. The third kappa shape index (κ3) is 24.3. The summed E-state index contributed by atoms with van der Waals surface area (Å²) in [6.45, 7) is 4.87. The van der Waals surface area contributed by atoms with Crippen molar-refractivity contribution < 1.29 is 114 Å². The van der Waals surface area contributed by atoms with E-state index < -0.39 is 34.8 Å². The summed E-state index contributed by atoms with van der Waals surface area (Å²) >= 11 is 6.20. The molecule has 18 nitrogen and oxygen atoms in total. The number of alkyl halides is 6. The molecule has 0 aliphatic carbocycles. The van der Waals surface area contributed by atoms with Crippen LogP contribution < -0.4 is 18.9 Å². The first-order chi connectivity index (χ1) is 39.4. The lowest BCUT2D eigenvalue weighted by Gasteiger charge is -2.15. The Balaban J connectivity index is 0.000000494. The molecule has 446 valence electrons. The lowest BCUT2D eigenvalue weighted by atomic mass is 10.0. The number of aryl methyl sites for hydroxylation is 2. The van der Waals surface area contributed by atoms with Crippen molar-refractivity contribution in [2.45, 2.75) is 33.1 Å². The number of hydrogen-bond donors (Lipinski definition) is 6. The largest absolute Gasteiger partial charge is 0.508 e. The van der Waals surface area contributed by atoms with E-state index in [9.17, 15) is 80.0 Å². The molecule has 7 aromatic carbocycles. The molecule has 0 atom stereocenters. The predicted octanol–water partition coefficient (Wildman–Crippen LogP) is 12.9. The minimum absolute atomic E-state index is 0.0399. The van der Waals surface area contributed by atoms with Gasteiger partial charge in [0.15, 0.2) is 23.0 Å². The van der Waals surface area contributed by atoms with Crippen LogP contribution in [0.3, 0.4) is 0 Å². The minimum Gasteiger partial charge on any atom is -0.508 e. The number of phenolic OH excluding ortho intramolecular Hbond substituents is 6. The summed E-state index contributed by atoms with van der Waals surface area (Å²) in [6, 6.07) is 26.4. The molecule has 0 amide bonds. The zero-order valence-corrected chi connectivity index (χ0v) is 47.8. The standard InChI is InChI=1S/C9H4F6O2.C9H10O4.C9H8O3.C9H10O2.C8H8O3.C7H4Br2O2.C7H6O2/c10-8(11,12)5-1-4(3-16)2-6(7(5)17)9(13,14)15;1-12-7-3-6(5-10)4-8(13-2)9(7)11;1-7(11)12-9-4-2-8(6-10)3-5-9;1-6-3-8(5-10)4-7(2)9(6)11;1-11-8-4-6(5-9)2-3-7(8)10;8-5-1-4(3-10)2-6(9)7(5)11;8-5-6-1-3-7(9)4-2-6/h1-3,17H;3-5,11H,1-2H3;2-6H,1H3;3-5,11H,1-2H3;2-5,10H,1H3;1-3,11H;1-5,9H. The van der Waals surface area contributed by atoms with E-state index in [-0.39, 0.29) is 64.6 Å². The lowest BCUT2D eigenvalue weighted by Crippen LogP contribution is -2.12. The molecule has 0 unspecified atom stereocenters. The zero-order valence-electron chi connectivity index (χ0n) is 44.6. The second-order valence-corrected chi connectivity index (χ2v) is 17.8. The van der Waals surface area contributed by atoms with Gasteiger partial charge in [0.2, 0.25) is 5.75 Å². The Morgan fingerprint density at radius 3 is 1.11 bits per heavy atom. The summed E-state index contributed by atoms with van der Waals surface area (Å²) in [6.07, 6.45) is -6.20. The Hall–Kier alpha value is -9.56. The van der Waals surface area contributed by atoms with Crippen molar-refractivity contribution in [1.29, 1.82) is 0 Å². The van der Waals surface area contributed by atoms with Gasteiger partial charge in [-0.2, -0.15) is 26.3 Å². The Morgan fingerprint density at radius 1 is 0.417 bits per heavy atom. The van der Waals surface area contributed by atoms with Gasteiger partial charge in [-0.25, -0.2) is 0 Å². The van der Waals surface area contributed by atoms with E-state index in [1.165, 1.54) is 70.7 Å². The first kappa shape index (κ1) is 72.5. The second kappa shape index (κ2) is 35.3. The van der Waals surface area contributed by atoms with Crippen molar-refractivity contribution in [2.24, 2.45) is 0 Å². The highest BCUT2D eigenvalue weighted by atomic mass is 79.9. The van der Waals surface area contributed by atoms with Crippen LogP contribution in [0, 0.1) is 13.8 Å². The lowest BCUT2D eigenvalue weighted by molar-refractivity contribution is -0.145. The van der Waals surface area contributed by atoms with E-state index in [0.29, 0.717) is 66.4 Å². The topological polar surface area (TPSA) is 295 Å². The van der Waals surface area contributed by atoms with Crippen LogP contribution in [0.5, 0.6) is 57.5 Å². The monoisotopic (exact) mass is 1310 g/mol.